The van der Waals surface area contributed by atoms with Gasteiger partial charge in [-0.15, -0.1) is 0 Å². The lowest BCUT2D eigenvalue weighted by Gasteiger charge is -2.38. The van der Waals surface area contributed by atoms with E-state index in [1.807, 2.05) is 0 Å². The molecule has 0 saturated carbocycles. The van der Waals surface area contributed by atoms with Crippen LogP contribution in [0, 0.1) is 5.41 Å². The molecular weight excluding hydrogens is 522 g/mol. The first-order valence-electron chi connectivity index (χ1n) is 14.1. The molecule has 0 amide bonds. The van der Waals surface area contributed by atoms with Gasteiger partial charge in [0.15, 0.2) is 5.11 Å². The summed E-state index contributed by atoms with van der Waals surface area (Å²) in [5.74, 6) is 0. The Morgan fingerprint density at radius 2 is 1.18 bits per heavy atom. The molecule has 3 saturated heterocycles. The second-order valence-electron chi connectivity index (χ2n) is 10.3. The first kappa shape index (κ1) is 33.8. The van der Waals surface area contributed by atoms with Crippen LogP contribution in [0.4, 0.5) is 0 Å². The standard InChI is InChI=1S/C24H51N11O3S/c1-23-16-26-2-5-29-19-24(20-30-6-3-27-17-23,21-31-7-4-28-18-23)34-22(39)32-8-10-36-12-14-38-15-13-37-11-9-33-35-25/h26-31H,2-21H2,1H3,(H2,32,34,39). The third-order valence-electron chi connectivity index (χ3n) is 6.53. The molecule has 0 aromatic heterocycles. The molecule has 3 aliphatic heterocycles. The highest BCUT2D eigenvalue weighted by Gasteiger charge is 2.31. The van der Waals surface area contributed by atoms with Crippen LogP contribution in [-0.4, -0.2) is 142 Å². The van der Waals surface area contributed by atoms with Crippen molar-refractivity contribution in [1.29, 1.82) is 0 Å². The van der Waals surface area contributed by atoms with Crippen molar-refractivity contribution in [3.63, 3.8) is 0 Å². The van der Waals surface area contributed by atoms with Gasteiger partial charge < -0.3 is 56.7 Å². The molecule has 3 rings (SSSR count). The average molecular weight is 574 g/mol. The van der Waals surface area contributed by atoms with Crippen molar-refractivity contribution in [3.05, 3.63) is 10.4 Å². The maximum atomic E-state index is 8.20. The molecule has 39 heavy (non-hydrogen) atoms. The molecule has 0 aromatic rings. The first-order valence-corrected chi connectivity index (χ1v) is 14.5. The van der Waals surface area contributed by atoms with Crippen LogP contribution in [0.2, 0.25) is 0 Å². The summed E-state index contributed by atoms with van der Waals surface area (Å²) < 4.78 is 16.4. The van der Waals surface area contributed by atoms with Crippen molar-refractivity contribution in [2.24, 2.45) is 10.5 Å². The van der Waals surface area contributed by atoms with Crippen LogP contribution in [0.1, 0.15) is 6.92 Å². The third-order valence-corrected chi connectivity index (χ3v) is 6.78. The van der Waals surface area contributed by atoms with Crippen LogP contribution in [0.15, 0.2) is 5.11 Å². The second-order valence-corrected chi connectivity index (χ2v) is 10.7. The summed E-state index contributed by atoms with van der Waals surface area (Å²) in [5.41, 5.74) is 8.08. The summed E-state index contributed by atoms with van der Waals surface area (Å²) in [5, 5.41) is 32.7. The van der Waals surface area contributed by atoms with Gasteiger partial charge in [0, 0.05) is 102 Å². The molecule has 0 atom stereocenters. The molecule has 15 heteroatoms. The molecule has 226 valence electrons. The van der Waals surface area contributed by atoms with E-state index in [2.05, 4.69) is 59.5 Å². The van der Waals surface area contributed by atoms with E-state index in [-0.39, 0.29) is 11.0 Å². The van der Waals surface area contributed by atoms with Crippen LogP contribution in [0.25, 0.3) is 10.4 Å². The number of fused-ring (bicyclic) bond motifs is 15. The Morgan fingerprint density at radius 1 is 0.744 bits per heavy atom. The summed E-state index contributed by atoms with van der Waals surface area (Å²) in [4.78, 5) is 2.67. The van der Waals surface area contributed by atoms with Crippen molar-refractivity contribution < 1.29 is 14.2 Å². The predicted molar refractivity (Wildman–Crippen MR) is 158 cm³/mol. The highest BCUT2D eigenvalue weighted by molar-refractivity contribution is 7.80. The van der Waals surface area contributed by atoms with Gasteiger partial charge in [-0.05, 0) is 17.7 Å². The van der Waals surface area contributed by atoms with Crippen molar-refractivity contribution in [3.8, 4) is 0 Å². The van der Waals surface area contributed by atoms with Gasteiger partial charge in [-0.3, -0.25) is 0 Å². The molecule has 8 N–H and O–H groups in total. The van der Waals surface area contributed by atoms with Gasteiger partial charge >= 0.3 is 0 Å². The minimum Gasteiger partial charge on any atom is -0.379 e. The zero-order chi connectivity index (χ0) is 27.9. The lowest BCUT2D eigenvalue weighted by Crippen LogP contribution is -2.67. The van der Waals surface area contributed by atoms with Crippen molar-refractivity contribution in [1.82, 2.24) is 42.5 Å². The van der Waals surface area contributed by atoms with Gasteiger partial charge in [-0.25, -0.2) is 0 Å². The van der Waals surface area contributed by atoms with E-state index >= 15 is 0 Å². The summed E-state index contributed by atoms with van der Waals surface area (Å²) in [6.45, 7) is 16.8. The first-order chi connectivity index (χ1) is 19.1. The van der Waals surface area contributed by atoms with E-state index in [4.69, 9.17) is 32.0 Å². The van der Waals surface area contributed by atoms with E-state index in [1.54, 1.807) is 0 Å². The number of ether oxygens (including phenoxy) is 3. The molecule has 0 spiro atoms. The Morgan fingerprint density at radius 3 is 1.67 bits per heavy atom. The quantitative estimate of drug-likeness (QED) is 0.0406. The summed E-state index contributed by atoms with van der Waals surface area (Å²) in [7, 11) is 0. The van der Waals surface area contributed by atoms with Crippen molar-refractivity contribution in [2.45, 2.75) is 12.5 Å². The Labute approximate surface area is 238 Å². The average Bonchev–Trinajstić information content (AvgIpc) is 2.92. The van der Waals surface area contributed by atoms with Crippen molar-refractivity contribution >= 4 is 17.3 Å². The summed E-state index contributed by atoms with van der Waals surface area (Å²) >= 11 is 5.68. The Hall–Kier alpha value is -1.36. The van der Waals surface area contributed by atoms with Crippen LogP contribution in [0.5, 0.6) is 0 Å². The topological polar surface area (TPSA) is 173 Å². The second kappa shape index (κ2) is 21.4. The molecule has 3 heterocycles. The SMILES string of the molecule is CC12CNCCNCC(NC(=S)NCCOCCOCCOCCN=[N+]=[N-])(CNCCNC1)CNCCNC2. The molecule has 0 aromatic carbocycles. The number of hydrogen-bond acceptors (Lipinski definition) is 11. The summed E-state index contributed by atoms with van der Waals surface area (Å²) in [6.07, 6.45) is 0. The zero-order valence-corrected chi connectivity index (χ0v) is 24.4. The monoisotopic (exact) mass is 573 g/mol. The molecular formula is C24H51N11O3S. The molecule has 0 unspecified atom stereocenters. The lowest BCUT2D eigenvalue weighted by molar-refractivity contribution is 0.0170. The largest absolute Gasteiger partial charge is 0.379 e. The van der Waals surface area contributed by atoms with Crippen LogP contribution >= 0.6 is 12.2 Å². The number of nitrogens with zero attached hydrogens (tertiary/aromatic N) is 3. The van der Waals surface area contributed by atoms with Gasteiger partial charge in [0.1, 0.15) is 0 Å². The molecule has 14 nitrogen and oxygen atoms in total. The lowest BCUT2D eigenvalue weighted by atomic mass is 9.90. The van der Waals surface area contributed by atoms with Gasteiger partial charge in [-0.1, -0.05) is 12.0 Å². The molecule has 3 fully saturated rings. The predicted octanol–water partition coefficient (Wildman–Crippen LogP) is -1.88. The highest BCUT2D eigenvalue weighted by atomic mass is 32.1. The number of hydrogen-bond donors (Lipinski definition) is 8. The molecule has 0 radical (unpaired) electrons. The highest BCUT2D eigenvalue weighted by Crippen LogP contribution is 2.12. The molecule has 0 aliphatic carbocycles. The zero-order valence-electron chi connectivity index (χ0n) is 23.6. The fourth-order valence-electron chi connectivity index (χ4n) is 4.41. The van der Waals surface area contributed by atoms with E-state index < -0.39 is 0 Å². The molecule has 2 bridgehead atoms. The van der Waals surface area contributed by atoms with Crippen LogP contribution < -0.4 is 42.5 Å². The Bertz CT molecular complexity index is 657. The van der Waals surface area contributed by atoms with Gasteiger partial charge in [0.05, 0.1) is 45.2 Å². The fourth-order valence-corrected chi connectivity index (χ4v) is 4.72. The maximum absolute atomic E-state index is 8.20. The van der Waals surface area contributed by atoms with Gasteiger partial charge in [0.25, 0.3) is 0 Å². The minimum absolute atomic E-state index is 0.165. The minimum atomic E-state index is -0.287. The molecule has 3 aliphatic rings. The van der Waals surface area contributed by atoms with E-state index in [9.17, 15) is 0 Å². The van der Waals surface area contributed by atoms with E-state index in [0.717, 1.165) is 78.5 Å². The van der Waals surface area contributed by atoms with Crippen LogP contribution in [0.3, 0.4) is 0 Å². The van der Waals surface area contributed by atoms with Crippen LogP contribution in [-0.2, 0) is 14.2 Å². The number of thiocarbonyl (C=S) groups is 1. The summed E-state index contributed by atoms with van der Waals surface area (Å²) in [6, 6.07) is 0. The van der Waals surface area contributed by atoms with E-state index in [0.29, 0.717) is 57.8 Å². The third kappa shape index (κ3) is 16.5. The van der Waals surface area contributed by atoms with E-state index in [1.165, 1.54) is 0 Å². The number of nitrogens with one attached hydrogen (secondary N) is 8. The Kier molecular flexibility index (Phi) is 18.6. The smallest absolute Gasteiger partial charge is 0.166 e. The van der Waals surface area contributed by atoms with Gasteiger partial charge in [0.2, 0.25) is 0 Å². The number of azide groups is 1. The maximum Gasteiger partial charge on any atom is 0.166 e. The van der Waals surface area contributed by atoms with Gasteiger partial charge in [-0.2, -0.15) is 0 Å². The van der Waals surface area contributed by atoms with Crippen molar-refractivity contribution in [2.75, 3.05) is 131 Å². The Balaban J connectivity index is 1.72. The normalized spacial score (nSPS) is 25.7. The fraction of sp³-hybridized carbons (Fsp3) is 0.958. The number of rotatable bonds is 13.